The van der Waals surface area contributed by atoms with Gasteiger partial charge in [0.05, 0.1) is 0 Å². The van der Waals surface area contributed by atoms with Crippen molar-refractivity contribution in [1.82, 2.24) is 0 Å². The number of rotatable bonds is 4. The molecule has 0 aliphatic rings. The predicted molar refractivity (Wildman–Crippen MR) is 79.9 cm³/mol. The summed E-state index contributed by atoms with van der Waals surface area (Å²) in [4.78, 5) is 0. The number of halogens is 1. The first-order valence-corrected chi connectivity index (χ1v) is 6.74. The van der Waals surface area contributed by atoms with Gasteiger partial charge in [0.15, 0.2) is 0 Å². The van der Waals surface area contributed by atoms with E-state index in [1.54, 1.807) is 6.07 Å². The van der Waals surface area contributed by atoms with Gasteiger partial charge in [0.1, 0.15) is 11.5 Å². The van der Waals surface area contributed by atoms with Gasteiger partial charge in [-0.25, -0.2) is 0 Å². The van der Waals surface area contributed by atoms with Crippen molar-refractivity contribution < 1.29 is 4.74 Å². The monoisotopic (exact) mass is 275 g/mol. The van der Waals surface area contributed by atoms with E-state index in [2.05, 4.69) is 26.0 Å². The molecule has 19 heavy (non-hydrogen) atoms. The minimum Gasteiger partial charge on any atom is -0.457 e. The van der Waals surface area contributed by atoms with Crippen molar-refractivity contribution in [3.63, 3.8) is 0 Å². The van der Waals surface area contributed by atoms with Crippen molar-refractivity contribution in [2.45, 2.75) is 26.3 Å². The van der Waals surface area contributed by atoms with Crippen LogP contribution < -0.4 is 10.5 Å². The maximum atomic E-state index is 6.12. The Kier molecular flexibility index (Phi) is 4.46. The van der Waals surface area contributed by atoms with Crippen LogP contribution in [0.4, 0.5) is 0 Å². The van der Waals surface area contributed by atoms with Gasteiger partial charge in [0.25, 0.3) is 0 Å². The van der Waals surface area contributed by atoms with Gasteiger partial charge < -0.3 is 10.5 Å². The second-order valence-electron chi connectivity index (χ2n) is 4.79. The zero-order valence-corrected chi connectivity index (χ0v) is 11.9. The SMILES string of the molecule is CC(C)c1cccc(Oc2ccc(CN)c(Cl)c2)c1. The molecule has 0 heterocycles. The minimum atomic E-state index is 0.432. The van der Waals surface area contributed by atoms with Crippen LogP contribution in [0.15, 0.2) is 42.5 Å². The Bertz CT molecular complexity index is 566. The normalized spacial score (nSPS) is 10.8. The molecule has 0 saturated heterocycles. The summed E-state index contributed by atoms with van der Waals surface area (Å²) < 4.78 is 5.82. The Morgan fingerprint density at radius 1 is 1.11 bits per heavy atom. The first-order chi connectivity index (χ1) is 9.10. The Morgan fingerprint density at radius 3 is 2.47 bits per heavy atom. The lowest BCUT2D eigenvalue weighted by Gasteiger charge is -2.10. The van der Waals surface area contributed by atoms with E-state index < -0.39 is 0 Å². The van der Waals surface area contributed by atoms with Crippen molar-refractivity contribution in [2.75, 3.05) is 0 Å². The molecule has 0 spiro atoms. The molecule has 100 valence electrons. The van der Waals surface area contributed by atoms with Crippen LogP contribution in [0.5, 0.6) is 11.5 Å². The van der Waals surface area contributed by atoms with Crippen molar-refractivity contribution in [2.24, 2.45) is 5.73 Å². The minimum absolute atomic E-state index is 0.432. The van der Waals surface area contributed by atoms with E-state index in [1.165, 1.54) is 5.56 Å². The van der Waals surface area contributed by atoms with Crippen LogP contribution in [-0.2, 0) is 6.54 Å². The van der Waals surface area contributed by atoms with E-state index in [1.807, 2.05) is 24.3 Å². The Hall–Kier alpha value is -1.51. The van der Waals surface area contributed by atoms with E-state index in [0.717, 1.165) is 17.1 Å². The van der Waals surface area contributed by atoms with Gasteiger partial charge in [-0.1, -0.05) is 43.6 Å². The first-order valence-electron chi connectivity index (χ1n) is 6.36. The van der Waals surface area contributed by atoms with Crippen molar-refractivity contribution in [3.8, 4) is 11.5 Å². The second kappa shape index (κ2) is 6.09. The molecule has 0 saturated carbocycles. The maximum absolute atomic E-state index is 6.12. The molecule has 2 aromatic rings. The van der Waals surface area contributed by atoms with Crippen LogP contribution >= 0.6 is 11.6 Å². The van der Waals surface area contributed by atoms with Crippen LogP contribution in [0.2, 0.25) is 5.02 Å². The third-order valence-electron chi connectivity index (χ3n) is 3.00. The standard InChI is InChI=1S/C16H18ClNO/c1-11(2)12-4-3-5-14(8-12)19-15-7-6-13(10-18)16(17)9-15/h3-9,11H,10,18H2,1-2H3. The van der Waals surface area contributed by atoms with Crippen LogP contribution in [0, 0.1) is 0 Å². The van der Waals surface area contributed by atoms with Crippen LogP contribution in [-0.4, -0.2) is 0 Å². The van der Waals surface area contributed by atoms with E-state index in [-0.39, 0.29) is 0 Å². The highest BCUT2D eigenvalue weighted by Gasteiger charge is 2.04. The molecule has 0 radical (unpaired) electrons. The summed E-state index contributed by atoms with van der Waals surface area (Å²) in [5, 5.41) is 0.639. The van der Waals surface area contributed by atoms with E-state index in [4.69, 9.17) is 22.1 Å². The van der Waals surface area contributed by atoms with E-state index >= 15 is 0 Å². The molecule has 0 aliphatic carbocycles. The number of ether oxygens (including phenoxy) is 1. The third kappa shape index (κ3) is 3.49. The average molecular weight is 276 g/mol. The van der Waals surface area contributed by atoms with Gasteiger partial charge in [-0.3, -0.25) is 0 Å². The molecule has 2 rings (SSSR count). The number of hydrogen-bond acceptors (Lipinski definition) is 2. The molecule has 3 heteroatoms. The molecule has 2 nitrogen and oxygen atoms in total. The van der Waals surface area contributed by atoms with Gasteiger partial charge in [0.2, 0.25) is 0 Å². The fourth-order valence-electron chi connectivity index (χ4n) is 1.83. The predicted octanol–water partition coefficient (Wildman–Crippen LogP) is 4.71. The first kappa shape index (κ1) is 13.9. The molecular formula is C16H18ClNO. The Morgan fingerprint density at radius 2 is 1.84 bits per heavy atom. The number of benzene rings is 2. The van der Waals surface area contributed by atoms with Crippen LogP contribution in [0.1, 0.15) is 30.9 Å². The quantitative estimate of drug-likeness (QED) is 0.877. The molecule has 0 atom stereocenters. The molecule has 0 amide bonds. The molecule has 0 aromatic heterocycles. The summed E-state index contributed by atoms with van der Waals surface area (Å²) in [6.45, 7) is 4.75. The zero-order valence-electron chi connectivity index (χ0n) is 11.2. The fourth-order valence-corrected chi connectivity index (χ4v) is 2.08. The van der Waals surface area contributed by atoms with Crippen LogP contribution in [0.25, 0.3) is 0 Å². The summed E-state index contributed by atoms with van der Waals surface area (Å²) in [5.41, 5.74) is 7.75. The maximum Gasteiger partial charge on any atom is 0.128 e. The second-order valence-corrected chi connectivity index (χ2v) is 5.19. The van der Waals surface area contributed by atoms with Gasteiger partial charge in [-0.05, 0) is 41.3 Å². The van der Waals surface area contributed by atoms with E-state index in [0.29, 0.717) is 17.5 Å². The summed E-state index contributed by atoms with van der Waals surface area (Å²) in [6, 6.07) is 13.7. The van der Waals surface area contributed by atoms with Crippen LogP contribution in [0.3, 0.4) is 0 Å². The highest BCUT2D eigenvalue weighted by Crippen LogP contribution is 2.28. The lowest BCUT2D eigenvalue weighted by atomic mass is 10.0. The topological polar surface area (TPSA) is 35.2 Å². The molecular weight excluding hydrogens is 258 g/mol. The van der Waals surface area contributed by atoms with Gasteiger partial charge in [0, 0.05) is 11.6 Å². The lowest BCUT2D eigenvalue weighted by molar-refractivity contribution is 0.481. The highest BCUT2D eigenvalue weighted by atomic mass is 35.5. The third-order valence-corrected chi connectivity index (χ3v) is 3.36. The highest BCUT2D eigenvalue weighted by molar-refractivity contribution is 6.31. The summed E-state index contributed by atoms with van der Waals surface area (Å²) in [5.74, 6) is 2.03. The number of nitrogens with two attached hydrogens (primary N) is 1. The molecule has 2 aromatic carbocycles. The molecule has 0 fully saturated rings. The summed E-state index contributed by atoms with van der Waals surface area (Å²) in [7, 11) is 0. The molecule has 2 N–H and O–H groups in total. The fraction of sp³-hybridized carbons (Fsp3) is 0.250. The van der Waals surface area contributed by atoms with Crippen molar-refractivity contribution >= 4 is 11.6 Å². The summed E-state index contributed by atoms with van der Waals surface area (Å²) in [6.07, 6.45) is 0. The summed E-state index contributed by atoms with van der Waals surface area (Å²) >= 11 is 6.12. The molecule has 0 bridgehead atoms. The average Bonchev–Trinajstić information content (AvgIpc) is 2.39. The Labute approximate surface area is 119 Å². The lowest BCUT2D eigenvalue weighted by Crippen LogP contribution is -1.97. The van der Waals surface area contributed by atoms with Gasteiger partial charge in [-0.2, -0.15) is 0 Å². The van der Waals surface area contributed by atoms with Crippen molar-refractivity contribution in [1.29, 1.82) is 0 Å². The molecule has 0 unspecified atom stereocenters. The van der Waals surface area contributed by atoms with E-state index in [9.17, 15) is 0 Å². The zero-order chi connectivity index (χ0) is 13.8. The van der Waals surface area contributed by atoms with Gasteiger partial charge in [-0.15, -0.1) is 0 Å². The largest absolute Gasteiger partial charge is 0.457 e. The van der Waals surface area contributed by atoms with Crippen molar-refractivity contribution in [3.05, 3.63) is 58.6 Å². The van der Waals surface area contributed by atoms with Gasteiger partial charge >= 0.3 is 0 Å². The number of hydrogen-bond donors (Lipinski definition) is 1. The Balaban J connectivity index is 2.21. The smallest absolute Gasteiger partial charge is 0.128 e. The molecule has 0 aliphatic heterocycles.